The Balaban J connectivity index is 1.77. The lowest BCUT2D eigenvalue weighted by atomic mass is 9.53. The van der Waals surface area contributed by atoms with E-state index in [1.807, 2.05) is 0 Å². The zero-order valence-corrected chi connectivity index (χ0v) is 8.67. The van der Waals surface area contributed by atoms with Crippen molar-refractivity contribution in [1.82, 2.24) is 5.32 Å². The zero-order chi connectivity index (χ0) is 9.60. The van der Waals surface area contributed by atoms with E-state index in [1.165, 1.54) is 38.5 Å². The molecule has 0 aliphatic heterocycles. The molecule has 4 aliphatic carbocycles. The standard InChI is InChI=1S/C12H19NO/c14-2-1-13-12-6-9-3-10(7-12)5-11(4-9)8-12/h2,9-11,13H,1,3-8H2. The largest absolute Gasteiger partial charge is 0.305 e. The third-order valence-corrected chi connectivity index (χ3v) is 4.60. The highest BCUT2D eigenvalue weighted by atomic mass is 16.1. The Kier molecular flexibility index (Phi) is 1.94. The molecule has 0 aromatic rings. The van der Waals surface area contributed by atoms with Crippen LogP contribution in [0.2, 0.25) is 0 Å². The minimum absolute atomic E-state index is 0.371. The molecule has 1 N–H and O–H groups in total. The van der Waals surface area contributed by atoms with Crippen LogP contribution in [0.3, 0.4) is 0 Å². The van der Waals surface area contributed by atoms with Crippen molar-refractivity contribution >= 4 is 6.29 Å². The molecule has 0 saturated heterocycles. The van der Waals surface area contributed by atoms with Crippen LogP contribution in [-0.2, 0) is 4.79 Å². The third kappa shape index (κ3) is 1.31. The second-order valence-electron chi connectivity index (χ2n) is 5.75. The molecule has 4 bridgehead atoms. The van der Waals surface area contributed by atoms with Gasteiger partial charge in [0.05, 0.1) is 6.54 Å². The molecular formula is C12H19NO. The lowest BCUT2D eigenvalue weighted by Gasteiger charge is -2.57. The molecule has 0 radical (unpaired) electrons. The van der Waals surface area contributed by atoms with Crippen molar-refractivity contribution in [2.45, 2.75) is 44.1 Å². The van der Waals surface area contributed by atoms with Crippen LogP contribution < -0.4 is 5.32 Å². The molecule has 4 fully saturated rings. The Morgan fingerprint density at radius 1 is 1.07 bits per heavy atom. The number of aldehydes is 1. The second kappa shape index (κ2) is 3.06. The van der Waals surface area contributed by atoms with Gasteiger partial charge in [0.1, 0.15) is 6.29 Å². The number of rotatable bonds is 3. The molecule has 0 amide bonds. The minimum Gasteiger partial charge on any atom is -0.305 e. The highest BCUT2D eigenvalue weighted by Gasteiger charge is 2.50. The van der Waals surface area contributed by atoms with E-state index in [1.54, 1.807) is 0 Å². The van der Waals surface area contributed by atoms with E-state index >= 15 is 0 Å². The fraction of sp³-hybridized carbons (Fsp3) is 0.917. The average molecular weight is 193 g/mol. The van der Waals surface area contributed by atoms with Crippen LogP contribution in [0.5, 0.6) is 0 Å². The molecule has 78 valence electrons. The third-order valence-electron chi connectivity index (χ3n) is 4.60. The van der Waals surface area contributed by atoms with E-state index in [-0.39, 0.29) is 0 Å². The van der Waals surface area contributed by atoms with E-state index in [0.717, 1.165) is 24.0 Å². The minimum atomic E-state index is 0.371. The Labute approximate surface area is 85.4 Å². The first-order valence-electron chi connectivity index (χ1n) is 5.98. The van der Waals surface area contributed by atoms with Crippen molar-refractivity contribution in [2.75, 3.05) is 6.54 Å². The quantitative estimate of drug-likeness (QED) is 0.692. The van der Waals surface area contributed by atoms with E-state index < -0.39 is 0 Å². The molecule has 0 aromatic carbocycles. The molecule has 0 spiro atoms. The van der Waals surface area contributed by atoms with Gasteiger partial charge in [-0.25, -0.2) is 0 Å². The van der Waals surface area contributed by atoms with Crippen LogP contribution in [0.4, 0.5) is 0 Å². The van der Waals surface area contributed by atoms with E-state index in [4.69, 9.17) is 0 Å². The summed E-state index contributed by atoms with van der Waals surface area (Å²) in [6, 6.07) is 0. The smallest absolute Gasteiger partial charge is 0.133 e. The van der Waals surface area contributed by atoms with Crippen molar-refractivity contribution < 1.29 is 4.79 Å². The van der Waals surface area contributed by atoms with E-state index in [9.17, 15) is 4.79 Å². The van der Waals surface area contributed by atoms with Crippen LogP contribution >= 0.6 is 0 Å². The first-order chi connectivity index (χ1) is 6.80. The number of hydrogen-bond acceptors (Lipinski definition) is 2. The van der Waals surface area contributed by atoms with Crippen LogP contribution in [0, 0.1) is 17.8 Å². The van der Waals surface area contributed by atoms with Gasteiger partial charge < -0.3 is 10.1 Å². The van der Waals surface area contributed by atoms with Gasteiger partial charge in [0, 0.05) is 5.54 Å². The van der Waals surface area contributed by atoms with Crippen LogP contribution in [-0.4, -0.2) is 18.4 Å². The predicted octanol–water partition coefficient (Wildman–Crippen LogP) is 1.74. The lowest BCUT2D eigenvalue weighted by molar-refractivity contribution is -0.108. The Morgan fingerprint density at radius 3 is 2.00 bits per heavy atom. The van der Waals surface area contributed by atoms with Crippen molar-refractivity contribution in [3.05, 3.63) is 0 Å². The van der Waals surface area contributed by atoms with Gasteiger partial charge in [0.15, 0.2) is 0 Å². The SMILES string of the molecule is O=CCNC12CC3CC(CC(C3)C1)C2. The van der Waals surface area contributed by atoms with Gasteiger partial charge in [0.25, 0.3) is 0 Å². The summed E-state index contributed by atoms with van der Waals surface area (Å²) in [5, 5.41) is 3.51. The van der Waals surface area contributed by atoms with Gasteiger partial charge in [-0.15, -0.1) is 0 Å². The average Bonchev–Trinajstić information content (AvgIpc) is 2.12. The molecular weight excluding hydrogens is 174 g/mol. The van der Waals surface area contributed by atoms with Crippen LogP contribution in [0.25, 0.3) is 0 Å². The van der Waals surface area contributed by atoms with Crippen molar-refractivity contribution in [3.63, 3.8) is 0 Å². The summed E-state index contributed by atoms with van der Waals surface area (Å²) in [7, 11) is 0. The highest BCUT2D eigenvalue weighted by Crippen LogP contribution is 2.55. The molecule has 4 rings (SSSR count). The van der Waals surface area contributed by atoms with Crippen molar-refractivity contribution in [2.24, 2.45) is 17.8 Å². The van der Waals surface area contributed by atoms with Crippen molar-refractivity contribution in [1.29, 1.82) is 0 Å². The number of hydrogen-bond donors (Lipinski definition) is 1. The van der Waals surface area contributed by atoms with Crippen molar-refractivity contribution in [3.8, 4) is 0 Å². The summed E-state index contributed by atoms with van der Waals surface area (Å²) >= 11 is 0. The Hall–Kier alpha value is -0.370. The van der Waals surface area contributed by atoms with Gasteiger partial charge in [-0.05, 0) is 56.3 Å². The monoisotopic (exact) mass is 193 g/mol. The number of nitrogens with one attached hydrogen (secondary N) is 1. The summed E-state index contributed by atoms with van der Waals surface area (Å²) < 4.78 is 0. The van der Waals surface area contributed by atoms with Crippen LogP contribution in [0.1, 0.15) is 38.5 Å². The van der Waals surface area contributed by atoms with Gasteiger partial charge in [0.2, 0.25) is 0 Å². The maximum atomic E-state index is 10.4. The highest BCUT2D eigenvalue weighted by molar-refractivity contribution is 5.52. The van der Waals surface area contributed by atoms with E-state index in [2.05, 4.69) is 5.32 Å². The van der Waals surface area contributed by atoms with Gasteiger partial charge in [-0.3, -0.25) is 0 Å². The molecule has 14 heavy (non-hydrogen) atoms. The fourth-order valence-corrected chi connectivity index (χ4v) is 4.59. The molecule has 0 heterocycles. The summed E-state index contributed by atoms with van der Waals surface area (Å²) in [4.78, 5) is 10.4. The molecule has 2 nitrogen and oxygen atoms in total. The first kappa shape index (κ1) is 8.90. The predicted molar refractivity (Wildman–Crippen MR) is 55.0 cm³/mol. The maximum Gasteiger partial charge on any atom is 0.133 e. The van der Waals surface area contributed by atoms with Crippen LogP contribution in [0.15, 0.2) is 0 Å². The maximum absolute atomic E-state index is 10.4. The second-order valence-corrected chi connectivity index (χ2v) is 5.75. The normalized spacial score (nSPS) is 49.6. The zero-order valence-electron chi connectivity index (χ0n) is 8.67. The van der Waals surface area contributed by atoms with Gasteiger partial charge in [-0.1, -0.05) is 0 Å². The summed E-state index contributed by atoms with van der Waals surface area (Å²) in [6.07, 6.45) is 9.46. The topological polar surface area (TPSA) is 29.1 Å². The summed E-state index contributed by atoms with van der Waals surface area (Å²) in [6.45, 7) is 0.562. The number of carbonyl (C=O) groups is 1. The molecule has 4 aliphatic rings. The molecule has 2 heteroatoms. The Morgan fingerprint density at radius 2 is 1.57 bits per heavy atom. The molecule has 0 aromatic heterocycles. The molecule has 0 atom stereocenters. The lowest BCUT2D eigenvalue weighted by Crippen LogP contribution is -2.58. The molecule has 0 unspecified atom stereocenters. The Bertz CT molecular complexity index is 213. The van der Waals surface area contributed by atoms with Gasteiger partial charge in [-0.2, -0.15) is 0 Å². The van der Waals surface area contributed by atoms with Gasteiger partial charge >= 0.3 is 0 Å². The summed E-state index contributed by atoms with van der Waals surface area (Å²) in [5.74, 6) is 2.92. The molecule has 4 saturated carbocycles. The summed E-state index contributed by atoms with van der Waals surface area (Å²) in [5.41, 5.74) is 0.371. The first-order valence-corrected chi connectivity index (χ1v) is 5.98. The van der Waals surface area contributed by atoms with E-state index in [0.29, 0.717) is 12.1 Å². The fourth-order valence-electron chi connectivity index (χ4n) is 4.59. The number of carbonyl (C=O) groups excluding carboxylic acids is 1.